The normalized spacial score (nSPS) is 19.8. The number of nitro groups is 1. The molecule has 2 fully saturated rings. The van der Waals surface area contributed by atoms with Crippen LogP contribution in [0, 0.1) is 21.7 Å². The number of amides is 1. The van der Waals surface area contributed by atoms with Crippen molar-refractivity contribution < 1.29 is 18.5 Å². The van der Waals surface area contributed by atoms with Gasteiger partial charge in [0.05, 0.1) is 11.3 Å². The molecule has 0 radical (unpaired) electrons. The fourth-order valence-electron chi connectivity index (χ4n) is 4.71. The summed E-state index contributed by atoms with van der Waals surface area (Å²) in [5.74, 6) is -2.07. The number of hydrogen-bond acceptors (Lipinski definition) is 5. The lowest BCUT2D eigenvalue weighted by atomic mass is 10.0. The molecule has 2 aromatic carbocycles. The Kier molecular flexibility index (Phi) is 6.64. The van der Waals surface area contributed by atoms with Crippen molar-refractivity contribution in [2.75, 3.05) is 31.1 Å². The second-order valence-electron chi connectivity index (χ2n) is 8.44. The smallest absolute Gasteiger partial charge is 0.292 e. The summed E-state index contributed by atoms with van der Waals surface area (Å²) in [7, 11) is 0. The molecule has 9 heteroatoms. The summed E-state index contributed by atoms with van der Waals surface area (Å²) in [4.78, 5) is 27.7. The summed E-state index contributed by atoms with van der Waals surface area (Å²) in [5, 5.41) is 14.3. The Morgan fingerprint density at radius 2 is 1.81 bits per heavy atom. The number of hydrogen-bond donors (Lipinski definition) is 1. The van der Waals surface area contributed by atoms with Crippen molar-refractivity contribution in [3.05, 3.63) is 69.8 Å². The largest absolute Gasteiger partial charge is 0.366 e. The second kappa shape index (κ2) is 9.60. The van der Waals surface area contributed by atoms with E-state index in [-0.39, 0.29) is 29.0 Å². The number of piperidine rings is 1. The van der Waals surface area contributed by atoms with Gasteiger partial charge < -0.3 is 10.2 Å². The molecule has 1 atom stereocenters. The average Bonchev–Trinajstić information content (AvgIpc) is 3.24. The summed E-state index contributed by atoms with van der Waals surface area (Å²) in [5.41, 5.74) is 1.24. The Morgan fingerprint density at radius 1 is 1.06 bits per heavy atom. The molecule has 0 bridgehead atoms. The topological polar surface area (TPSA) is 78.7 Å². The van der Waals surface area contributed by atoms with E-state index in [2.05, 4.69) is 15.1 Å². The molecule has 7 nitrogen and oxygen atoms in total. The van der Waals surface area contributed by atoms with Gasteiger partial charge in [-0.1, -0.05) is 18.2 Å². The van der Waals surface area contributed by atoms with Crippen LogP contribution in [0.3, 0.4) is 0 Å². The molecule has 2 saturated heterocycles. The number of nitro benzene ring substituents is 1. The summed E-state index contributed by atoms with van der Waals surface area (Å²) < 4.78 is 26.4. The predicted molar refractivity (Wildman–Crippen MR) is 117 cm³/mol. The van der Waals surface area contributed by atoms with E-state index in [1.54, 1.807) is 12.1 Å². The van der Waals surface area contributed by atoms with Crippen LogP contribution >= 0.6 is 0 Å². The minimum Gasteiger partial charge on any atom is -0.366 e. The van der Waals surface area contributed by atoms with E-state index in [4.69, 9.17) is 0 Å². The van der Waals surface area contributed by atoms with Crippen molar-refractivity contribution in [3.8, 4) is 0 Å². The maximum absolute atomic E-state index is 13.3. The summed E-state index contributed by atoms with van der Waals surface area (Å²) in [6.07, 6.45) is 2.67. The Balaban J connectivity index is 1.26. The second-order valence-corrected chi connectivity index (χ2v) is 8.44. The Bertz CT molecular complexity index is 995. The van der Waals surface area contributed by atoms with Crippen molar-refractivity contribution in [1.82, 2.24) is 10.2 Å². The van der Waals surface area contributed by atoms with Gasteiger partial charge in [-0.25, -0.2) is 8.78 Å². The highest BCUT2D eigenvalue weighted by atomic mass is 19.2. The molecule has 2 aliphatic rings. The maximum Gasteiger partial charge on any atom is 0.292 e. The summed E-state index contributed by atoms with van der Waals surface area (Å²) in [6.45, 7) is 3.13. The molecule has 32 heavy (non-hydrogen) atoms. The Hall–Kier alpha value is -3.07. The van der Waals surface area contributed by atoms with Gasteiger partial charge in [-0.05, 0) is 43.0 Å². The van der Waals surface area contributed by atoms with Crippen molar-refractivity contribution in [2.24, 2.45) is 0 Å². The lowest BCUT2D eigenvalue weighted by Crippen LogP contribution is -2.46. The van der Waals surface area contributed by atoms with Crippen LogP contribution in [-0.2, 0) is 11.2 Å². The monoisotopic (exact) mass is 444 g/mol. The number of carbonyl (C=O) groups is 1. The first-order valence-electron chi connectivity index (χ1n) is 10.9. The minimum absolute atomic E-state index is 0.0158. The highest BCUT2D eigenvalue weighted by molar-refractivity contribution is 5.78. The van der Waals surface area contributed by atoms with E-state index in [1.165, 1.54) is 12.1 Å². The van der Waals surface area contributed by atoms with E-state index < -0.39 is 11.6 Å². The molecule has 2 aliphatic heterocycles. The quantitative estimate of drug-likeness (QED) is 0.547. The van der Waals surface area contributed by atoms with Crippen LogP contribution in [-0.4, -0.2) is 54.0 Å². The number of carbonyl (C=O) groups excluding carboxylic acids is 1. The van der Waals surface area contributed by atoms with Gasteiger partial charge in [-0.3, -0.25) is 19.8 Å². The Labute approximate surface area is 185 Å². The van der Waals surface area contributed by atoms with E-state index in [9.17, 15) is 23.7 Å². The number of likely N-dealkylation sites (tertiary alicyclic amines) is 1. The highest BCUT2D eigenvalue weighted by Crippen LogP contribution is 2.31. The summed E-state index contributed by atoms with van der Waals surface area (Å²) in [6, 6.07) is 10.8. The SMILES string of the molecule is O=C(Cc1ccc(F)c(F)c1)N[C@@H]1CCN(C2CCN(c3ccccc3[N+](=O)[O-])CC2)C1. The van der Waals surface area contributed by atoms with Crippen molar-refractivity contribution >= 4 is 17.3 Å². The number of nitrogens with one attached hydrogen (secondary N) is 1. The van der Waals surface area contributed by atoms with Crippen LogP contribution in [0.25, 0.3) is 0 Å². The molecule has 0 unspecified atom stereocenters. The van der Waals surface area contributed by atoms with Gasteiger partial charge >= 0.3 is 0 Å². The van der Waals surface area contributed by atoms with Crippen LogP contribution in [0.2, 0.25) is 0 Å². The predicted octanol–water partition coefficient (Wildman–Crippen LogP) is 3.28. The molecule has 0 spiro atoms. The third-order valence-corrected chi connectivity index (χ3v) is 6.33. The third kappa shape index (κ3) is 5.04. The Morgan fingerprint density at radius 3 is 2.53 bits per heavy atom. The molecule has 2 heterocycles. The van der Waals surface area contributed by atoms with E-state index in [1.807, 2.05) is 6.07 Å². The number of nitrogens with zero attached hydrogens (tertiary/aromatic N) is 3. The van der Waals surface area contributed by atoms with Crippen LogP contribution < -0.4 is 10.2 Å². The van der Waals surface area contributed by atoms with Crippen LogP contribution in [0.1, 0.15) is 24.8 Å². The first-order valence-corrected chi connectivity index (χ1v) is 10.9. The van der Waals surface area contributed by atoms with Gasteiger partial charge in [0.25, 0.3) is 5.69 Å². The average molecular weight is 444 g/mol. The zero-order valence-corrected chi connectivity index (χ0v) is 17.7. The molecule has 0 aromatic heterocycles. The lowest BCUT2D eigenvalue weighted by molar-refractivity contribution is -0.384. The standard InChI is InChI=1S/C23H26F2N4O3/c24-19-6-5-16(13-20(19)25)14-23(30)26-17-7-10-28(15-17)18-8-11-27(12-9-18)21-3-1-2-4-22(21)29(31)32/h1-6,13,17-18H,7-12,14-15H2,(H,26,30)/t17-/m1/s1. The number of rotatable bonds is 6. The number of anilines is 1. The third-order valence-electron chi connectivity index (χ3n) is 6.33. The maximum atomic E-state index is 13.3. The molecular weight excluding hydrogens is 418 g/mol. The van der Waals surface area contributed by atoms with Gasteiger partial charge in [0.2, 0.25) is 5.91 Å². The molecule has 2 aromatic rings. The number of benzene rings is 2. The summed E-state index contributed by atoms with van der Waals surface area (Å²) >= 11 is 0. The van der Waals surface area contributed by atoms with E-state index in [0.29, 0.717) is 17.3 Å². The molecular formula is C23H26F2N4O3. The van der Waals surface area contributed by atoms with Gasteiger partial charge in [0.15, 0.2) is 11.6 Å². The molecule has 0 saturated carbocycles. The van der Waals surface area contributed by atoms with Crippen molar-refractivity contribution in [3.63, 3.8) is 0 Å². The van der Waals surface area contributed by atoms with Gasteiger partial charge in [0.1, 0.15) is 5.69 Å². The molecule has 0 aliphatic carbocycles. The zero-order valence-electron chi connectivity index (χ0n) is 17.7. The zero-order chi connectivity index (χ0) is 22.7. The van der Waals surface area contributed by atoms with Crippen molar-refractivity contribution in [1.29, 1.82) is 0 Å². The van der Waals surface area contributed by atoms with Crippen molar-refractivity contribution in [2.45, 2.75) is 37.8 Å². The highest BCUT2D eigenvalue weighted by Gasteiger charge is 2.32. The number of para-hydroxylation sites is 2. The number of halogens is 2. The van der Waals surface area contributed by atoms with Crippen LogP contribution in [0.4, 0.5) is 20.2 Å². The first kappa shape index (κ1) is 22.1. The fourth-order valence-corrected chi connectivity index (χ4v) is 4.71. The van der Waals surface area contributed by atoms with Gasteiger partial charge in [-0.15, -0.1) is 0 Å². The van der Waals surface area contributed by atoms with E-state index in [0.717, 1.165) is 57.6 Å². The minimum atomic E-state index is -0.950. The van der Waals surface area contributed by atoms with E-state index >= 15 is 0 Å². The lowest BCUT2D eigenvalue weighted by Gasteiger charge is -2.37. The molecule has 170 valence electrons. The van der Waals surface area contributed by atoms with Gasteiger partial charge in [0, 0.05) is 44.3 Å². The van der Waals surface area contributed by atoms with Gasteiger partial charge in [-0.2, -0.15) is 0 Å². The molecule has 1 amide bonds. The molecule has 1 N–H and O–H groups in total. The fraction of sp³-hybridized carbons (Fsp3) is 0.435. The van der Waals surface area contributed by atoms with Crippen LogP contribution in [0.5, 0.6) is 0 Å². The molecule has 4 rings (SSSR count). The first-order chi connectivity index (χ1) is 15.4. The van der Waals surface area contributed by atoms with Crippen LogP contribution in [0.15, 0.2) is 42.5 Å².